The Labute approximate surface area is 147 Å². The Hall–Kier alpha value is -2.84. The number of amides is 1. The van der Waals surface area contributed by atoms with Crippen LogP contribution < -0.4 is 5.32 Å². The van der Waals surface area contributed by atoms with E-state index < -0.39 is 23.4 Å². The number of aromatic carboxylic acids is 1. The number of hydrogen-bond acceptors (Lipinski definition) is 3. The number of rotatable bonds is 4. The highest BCUT2D eigenvalue weighted by atomic mass is 19.4. The largest absolute Gasteiger partial charge is 0.478 e. The van der Waals surface area contributed by atoms with E-state index in [2.05, 4.69) is 10.4 Å². The molecule has 1 amide bonds. The fourth-order valence-electron chi connectivity index (χ4n) is 2.38. The molecule has 6 nitrogen and oxygen atoms in total. The first-order chi connectivity index (χ1) is 11.9. The number of nitrogens with zero attached hydrogens (tertiary/aromatic N) is 2. The minimum atomic E-state index is -4.91. The summed E-state index contributed by atoms with van der Waals surface area (Å²) in [6.45, 7) is 5.65. The number of carboxylic acids is 1. The molecule has 2 N–H and O–H groups in total. The third-order valence-electron chi connectivity index (χ3n) is 3.33. The van der Waals surface area contributed by atoms with Crippen molar-refractivity contribution in [1.29, 1.82) is 0 Å². The number of nitrogens with one attached hydrogen (secondary N) is 1. The van der Waals surface area contributed by atoms with Crippen LogP contribution in [-0.2, 0) is 11.0 Å². The average Bonchev–Trinajstić information content (AvgIpc) is 2.90. The van der Waals surface area contributed by atoms with Crippen molar-refractivity contribution in [2.45, 2.75) is 33.4 Å². The van der Waals surface area contributed by atoms with Gasteiger partial charge >= 0.3 is 12.1 Å². The van der Waals surface area contributed by atoms with Crippen LogP contribution in [0.5, 0.6) is 0 Å². The predicted octanol–water partition coefficient (Wildman–Crippen LogP) is 3.96. The maximum absolute atomic E-state index is 13.3. The van der Waals surface area contributed by atoms with Gasteiger partial charge in [-0.05, 0) is 23.6 Å². The van der Waals surface area contributed by atoms with Crippen LogP contribution in [0.4, 0.5) is 18.9 Å². The van der Waals surface area contributed by atoms with E-state index in [0.29, 0.717) is 10.9 Å². The van der Waals surface area contributed by atoms with E-state index in [1.54, 1.807) is 0 Å². The number of alkyl halides is 3. The number of anilines is 1. The minimum Gasteiger partial charge on any atom is -0.478 e. The molecule has 0 aliphatic carbocycles. The van der Waals surface area contributed by atoms with Gasteiger partial charge in [0.15, 0.2) is 5.69 Å². The molecule has 1 aromatic carbocycles. The summed E-state index contributed by atoms with van der Waals surface area (Å²) in [6, 6.07) is 5.62. The third kappa shape index (κ3) is 4.62. The molecule has 9 heteroatoms. The lowest BCUT2D eigenvalue weighted by atomic mass is 9.92. The molecular formula is C17H18F3N3O3. The monoisotopic (exact) mass is 369 g/mol. The number of aromatic nitrogens is 2. The Morgan fingerprint density at radius 1 is 1.23 bits per heavy atom. The van der Waals surface area contributed by atoms with Crippen LogP contribution in [0.2, 0.25) is 0 Å². The highest BCUT2D eigenvalue weighted by molar-refractivity contribution is 5.91. The molecule has 0 unspecified atom stereocenters. The molecule has 140 valence electrons. The Morgan fingerprint density at radius 3 is 2.42 bits per heavy atom. The van der Waals surface area contributed by atoms with Crippen LogP contribution in [0.25, 0.3) is 5.69 Å². The molecule has 0 aliphatic rings. The lowest BCUT2D eigenvalue weighted by molar-refractivity contribution is -0.143. The first-order valence-electron chi connectivity index (χ1n) is 7.67. The third-order valence-corrected chi connectivity index (χ3v) is 3.33. The van der Waals surface area contributed by atoms with Crippen LogP contribution in [0.15, 0.2) is 30.5 Å². The number of halogens is 3. The second-order valence-electron chi connectivity index (χ2n) is 6.96. The topological polar surface area (TPSA) is 84.2 Å². The Morgan fingerprint density at radius 2 is 1.88 bits per heavy atom. The lowest BCUT2D eigenvalue weighted by Gasteiger charge is -2.17. The van der Waals surface area contributed by atoms with Crippen LogP contribution >= 0.6 is 0 Å². The van der Waals surface area contributed by atoms with Crippen molar-refractivity contribution in [2.75, 3.05) is 5.32 Å². The van der Waals surface area contributed by atoms with Crippen LogP contribution in [0.1, 0.15) is 43.2 Å². The number of carbonyl (C=O) groups excluding carboxylic acids is 1. The molecule has 0 atom stereocenters. The van der Waals surface area contributed by atoms with Gasteiger partial charge in [0.05, 0.1) is 11.9 Å². The van der Waals surface area contributed by atoms with Gasteiger partial charge < -0.3 is 10.4 Å². The van der Waals surface area contributed by atoms with Gasteiger partial charge in [0.25, 0.3) is 0 Å². The molecule has 0 aliphatic heterocycles. The average molecular weight is 369 g/mol. The van der Waals surface area contributed by atoms with E-state index >= 15 is 0 Å². The van der Waals surface area contributed by atoms with Crippen molar-refractivity contribution >= 4 is 17.6 Å². The van der Waals surface area contributed by atoms with Gasteiger partial charge in [0, 0.05) is 12.1 Å². The fourth-order valence-corrected chi connectivity index (χ4v) is 2.38. The molecule has 2 rings (SSSR count). The quantitative estimate of drug-likeness (QED) is 0.854. The summed E-state index contributed by atoms with van der Waals surface area (Å²) < 4.78 is 40.4. The highest BCUT2D eigenvalue weighted by Crippen LogP contribution is 2.34. The molecule has 0 bridgehead atoms. The summed E-state index contributed by atoms with van der Waals surface area (Å²) in [7, 11) is 0. The maximum atomic E-state index is 13.3. The van der Waals surface area contributed by atoms with Gasteiger partial charge in [-0.15, -0.1) is 0 Å². The fraction of sp³-hybridized carbons (Fsp3) is 0.353. The maximum Gasteiger partial charge on any atom is 0.434 e. The molecule has 0 fully saturated rings. The van der Waals surface area contributed by atoms with Crippen molar-refractivity contribution in [1.82, 2.24) is 9.78 Å². The van der Waals surface area contributed by atoms with Crippen LogP contribution in [-0.4, -0.2) is 26.8 Å². The summed E-state index contributed by atoms with van der Waals surface area (Å²) >= 11 is 0. The number of benzene rings is 1. The first-order valence-corrected chi connectivity index (χ1v) is 7.67. The van der Waals surface area contributed by atoms with Crippen molar-refractivity contribution < 1.29 is 27.9 Å². The van der Waals surface area contributed by atoms with E-state index in [1.807, 2.05) is 20.8 Å². The van der Waals surface area contributed by atoms with Gasteiger partial charge in [0.2, 0.25) is 5.91 Å². The van der Waals surface area contributed by atoms with E-state index in [1.165, 1.54) is 24.3 Å². The number of carboxylic acid groups (broad SMARTS) is 1. The van der Waals surface area contributed by atoms with Gasteiger partial charge in [-0.25, -0.2) is 9.48 Å². The van der Waals surface area contributed by atoms with Gasteiger partial charge in [-0.1, -0.05) is 26.8 Å². The zero-order chi connectivity index (χ0) is 19.7. The van der Waals surface area contributed by atoms with E-state index in [9.17, 15) is 22.8 Å². The zero-order valence-electron chi connectivity index (χ0n) is 14.4. The smallest absolute Gasteiger partial charge is 0.434 e. The normalized spacial score (nSPS) is 12.1. The van der Waals surface area contributed by atoms with E-state index in [-0.39, 0.29) is 29.1 Å². The van der Waals surface area contributed by atoms with Gasteiger partial charge in [-0.3, -0.25) is 4.79 Å². The molecule has 0 radical (unpaired) electrons. The van der Waals surface area contributed by atoms with Crippen molar-refractivity contribution in [3.63, 3.8) is 0 Å². The molecule has 0 saturated carbocycles. The molecule has 0 saturated heterocycles. The number of hydrogen-bond donors (Lipinski definition) is 2. The van der Waals surface area contributed by atoms with E-state index in [4.69, 9.17) is 5.11 Å². The second kappa shape index (κ2) is 6.81. The Balaban J connectivity index is 2.40. The molecule has 0 spiro atoms. The lowest BCUT2D eigenvalue weighted by Crippen LogP contribution is -2.20. The first kappa shape index (κ1) is 19.5. The Bertz CT molecular complexity index is 836. The Kier molecular flexibility index (Phi) is 5.11. The van der Waals surface area contributed by atoms with Crippen LogP contribution in [0.3, 0.4) is 0 Å². The summed E-state index contributed by atoms with van der Waals surface area (Å²) in [5.41, 5.74) is -2.30. The van der Waals surface area contributed by atoms with E-state index in [0.717, 1.165) is 0 Å². The van der Waals surface area contributed by atoms with Crippen LogP contribution in [0, 0.1) is 5.41 Å². The minimum absolute atomic E-state index is 0.0154. The SMILES string of the molecule is CC(C)(C)CC(=O)Nc1cccc(-n2ncc(C(=O)O)c2C(F)(F)F)c1. The molecular weight excluding hydrogens is 351 g/mol. The summed E-state index contributed by atoms with van der Waals surface area (Å²) in [4.78, 5) is 23.1. The van der Waals surface area contributed by atoms with Crippen molar-refractivity contribution in [2.24, 2.45) is 5.41 Å². The summed E-state index contributed by atoms with van der Waals surface area (Å²) in [5, 5.41) is 15.1. The number of carbonyl (C=O) groups is 2. The summed E-state index contributed by atoms with van der Waals surface area (Å²) in [5.74, 6) is -2.00. The summed E-state index contributed by atoms with van der Waals surface area (Å²) in [6.07, 6.45) is -4.03. The zero-order valence-corrected chi connectivity index (χ0v) is 14.4. The second-order valence-corrected chi connectivity index (χ2v) is 6.96. The van der Waals surface area contributed by atoms with Gasteiger partial charge in [-0.2, -0.15) is 18.3 Å². The van der Waals surface area contributed by atoms with Crippen molar-refractivity contribution in [3.8, 4) is 5.69 Å². The van der Waals surface area contributed by atoms with Gasteiger partial charge in [0.1, 0.15) is 5.56 Å². The van der Waals surface area contributed by atoms with Crippen molar-refractivity contribution in [3.05, 3.63) is 41.7 Å². The molecule has 1 heterocycles. The standard InChI is InChI=1S/C17H18F3N3O3/c1-16(2,3)8-13(24)22-10-5-4-6-11(7-10)23-14(17(18,19)20)12(9-21-23)15(25)26/h4-7,9H,8H2,1-3H3,(H,22,24)(H,25,26). The molecule has 1 aromatic heterocycles. The molecule has 26 heavy (non-hydrogen) atoms. The predicted molar refractivity (Wildman–Crippen MR) is 88.2 cm³/mol. The molecule has 2 aromatic rings. The highest BCUT2D eigenvalue weighted by Gasteiger charge is 2.40.